The lowest BCUT2D eigenvalue weighted by Gasteiger charge is -2.15. The van der Waals surface area contributed by atoms with Gasteiger partial charge in [-0.3, -0.25) is 4.99 Å². The Balaban J connectivity index is 2.18. The molecule has 2 rings (SSSR count). The van der Waals surface area contributed by atoms with Gasteiger partial charge in [-0.2, -0.15) is 0 Å². The summed E-state index contributed by atoms with van der Waals surface area (Å²) in [7, 11) is 0. The second-order valence-electron chi connectivity index (χ2n) is 4.28. The molecule has 1 aromatic rings. The van der Waals surface area contributed by atoms with Crippen molar-refractivity contribution in [1.82, 2.24) is 0 Å². The van der Waals surface area contributed by atoms with Crippen molar-refractivity contribution in [2.45, 2.75) is 25.8 Å². The Bertz CT molecular complexity index is 462. The average Bonchev–Trinajstić information content (AvgIpc) is 2.68. The lowest BCUT2D eigenvalue weighted by Crippen LogP contribution is -2.20. The minimum atomic E-state index is 0.0397. The molecule has 0 saturated heterocycles. The second-order valence-corrected chi connectivity index (χ2v) is 6.03. The highest BCUT2D eigenvalue weighted by molar-refractivity contribution is 8.14. The summed E-state index contributed by atoms with van der Waals surface area (Å²) in [5.74, 6) is 1.00. The van der Waals surface area contributed by atoms with E-state index in [0.717, 1.165) is 23.0 Å². The van der Waals surface area contributed by atoms with Gasteiger partial charge in [-0.25, -0.2) is 0 Å². The maximum Gasteiger partial charge on any atom is 0.161 e. The summed E-state index contributed by atoms with van der Waals surface area (Å²) in [5, 5.41) is 5.25. The van der Waals surface area contributed by atoms with E-state index in [1.807, 2.05) is 12.1 Å². The number of thioether (sulfide) groups is 1. The van der Waals surface area contributed by atoms with Crippen LogP contribution < -0.4 is 5.32 Å². The van der Waals surface area contributed by atoms with Gasteiger partial charge in [0.05, 0.1) is 21.3 Å². The van der Waals surface area contributed by atoms with Gasteiger partial charge in [0.2, 0.25) is 0 Å². The topological polar surface area (TPSA) is 24.4 Å². The van der Waals surface area contributed by atoms with Gasteiger partial charge >= 0.3 is 0 Å². The average molecular weight is 289 g/mol. The van der Waals surface area contributed by atoms with Crippen LogP contribution in [0.5, 0.6) is 0 Å². The molecule has 1 heterocycles. The Morgan fingerprint density at radius 1 is 1.47 bits per heavy atom. The summed E-state index contributed by atoms with van der Waals surface area (Å²) in [6.07, 6.45) is 1.04. The lowest BCUT2D eigenvalue weighted by atomic mass is 10.0. The second kappa shape index (κ2) is 5.09. The van der Waals surface area contributed by atoms with Crippen LogP contribution in [0.2, 0.25) is 10.0 Å². The third-order valence-electron chi connectivity index (χ3n) is 2.85. The molecule has 0 amide bonds. The van der Waals surface area contributed by atoms with E-state index in [-0.39, 0.29) is 5.54 Å². The van der Waals surface area contributed by atoms with Crippen LogP contribution in [0.4, 0.5) is 5.69 Å². The van der Waals surface area contributed by atoms with Gasteiger partial charge in [-0.15, -0.1) is 0 Å². The zero-order valence-corrected chi connectivity index (χ0v) is 12.1. The van der Waals surface area contributed by atoms with Crippen LogP contribution in [0.15, 0.2) is 23.2 Å². The van der Waals surface area contributed by atoms with Gasteiger partial charge in [0, 0.05) is 5.75 Å². The summed E-state index contributed by atoms with van der Waals surface area (Å²) in [6, 6.07) is 5.55. The first kappa shape index (κ1) is 13.1. The third kappa shape index (κ3) is 2.90. The van der Waals surface area contributed by atoms with Crippen molar-refractivity contribution in [3.05, 3.63) is 28.2 Å². The maximum atomic E-state index is 6.12. The van der Waals surface area contributed by atoms with Crippen LogP contribution in [0.25, 0.3) is 0 Å². The van der Waals surface area contributed by atoms with Crippen molar-refractivity contribution in [1.29, 1.82) is 0 Å². The number of amidine groups is 1. The zero-order chi connectivity index (χ0) is 12.5. The van der Waals surface area contributed by atoms with Crippen LogP contribution >= 0.6 is 35.0 Å². The number of rotatable bonds is 2. The molecule has 0 saturated carbocycles. The molecule has 92 valence electrons. The number of nitrogens with one attached hydrogen (secondary N) is 1. The number of aliphatic imine (C=N–C) groups is 1. The monoisotopic (exact) mass is 288 g/mol. The zero-order valence-electron chi connectivity index (χ0n) is 9.76. The minimum absolute atomic E-state index is 0.0397. The minimum Gasteiger partial charge on any atom is -0.334 e. The molecule has 0 aromatic heterocycles. The first-order valence-corrected chi connectivity index (χ1v) is 7.22. The number of halogens is 2. The maximum absolute atomic E-state index is 6.12. The van der Waals surface area contributed by atoms with Crippen LogP contribution in [0, 0.1) is 0 Å². The largest absolute Gasteiger partial charge is 0.334 e. The van der Waals surface area contributed by atoms with E-state index in [9.17, 15) is 0 Å². The van der Waals surface area contributed by atoms with Crippen molar-refractivity contribution in [2.24, 2.45) is 4.99 Å². The fraction of sp³-hybridized carbons (Fsp3) is 0.417. The Hall–Kier alpha value is -0.380. The molecule has 1 unspecified atom stereocenters. The molecule has 1 aromatic carbocycles. The fourth-order valence-corrected chi connectivity index (χ4v) is 3.03. The molecule has 0 radical (unpaired) electrons. The number of anilines is 1. The highest BCUT2D eigenvalue weighted by Gasteiger charge is 2.28. The summed E-state index contributed by atoms with van der Waals surface area (Å²) in [5.41, 5.74) is 0.851. The van der Waals surface area contributed by atoms with Crippen LogP contribution in [0.1, 0.15) is 20.3 Å². The third-order valence-corrected chi connectivity index (χ3v) is 4.90. The Morgan fingerprint density at radius 2 is 2.24 bits per heavy atom. The highest BCUT2D eigenvalue weighted by Crippen LogP contribution is 2.34. The summed E-state index contributed by atoms with van der Waals surface area (Å²) >= 11 is 13.8. The number of nitrogens with zero attached hydrogens (tertiary/aromatic N) is 1. The van der Waals surface area contributed by atoms with Crippen molar-refractivity contribution in [3.63, 3.8) is 0 Å². The Labute approximate surface area is 116 Å². The number of benzene rings is 1. The van der Waals surface area contributed by atoms with Gasteiger partial charge in [0.1, 0.15) is 0 Å². The van der Waals surface area contributed by atoms with Gasteiger partial charge in [-0.05, 0) is 25.5 Å². The Kier molecular flexibility index (Phi) is 3.91. The summed E-state index contributed by atoms with van der Waals surface area (Å²) in [6.45, 7) is 4.31. The van der Waals surface area contributed by atoms with E-state index in [2.05, 4.69) is 24.2 Å². The molecular weight excluding hydrogens is 275 g/mol. The SMILES string of the molecule is CCC1(C)CSC(Nc2cccc(Cl)c2Cl)=N1. The Morgan fingerprint density at radius 3 is 2.88 bits per heavy atom. The molecule has 1 aliphatic heterocycles. The lowest BCUT2D eigenvalue weighted by molar-refractivity contribution is 0.523. The summed E-state index contributed by atoms with van der Waals surface area (Å²) in [4.78, 5) is 4.67. The first-order valence-electron chi connectivity index (χ1n) is 5.48. The van der Waals surface area contributed by atoms with Gasteiger partial charge in [0.15, 0.2) is 5.17 Å². The number of hydrogen-bond donors (Lipinski definition) is 1. The fourth-order valence-electron chi connectivity index (χ4n) is 1.49. The summed E-state index contributed by atoms with van der Waals surface area (Å²) < 4.78 is 0. The van der Waals surface area contributed by atoms with Gasteiger partial charge in [-0.1, -0.05) is 48.0 Å². The molecule has 1 atom stereocenters. The molecule has 1 N–H and O–H groups in total. The van der Waals surface area contributed by atoms with E-state index in [4.69, 9.17) is 23.2 Å². The van der Waals surface area contributed by atoms with Crippen molar-refractivity contribution >= 4 is 45.8 Å². The van der Waals surface area contributed by atoms with Crippen molar-refractivity contribution in [2.75, 3.05) is 11.1 Å². The van der Waals surface area contributed by atoms with Gasteiger partial charge < -0.3 is 5.32 Å². The highest BCUT2D eigenvalue weighted by atomic mass is 35.5. The van der Waals surface area contributed by atoms with Crippen molar-refractivity contribution < 1.29 is 0 Å². The molecule has 0 fully saturated rings. The van der Waals surface area contributed by atoms with Gasteiger partial charge in [0.25, 0.3) is 0 Å². The van der Waals surface area contributed by atoms with Crippen molar-refractivity contribution in [3.8, 4) is 0 Å². The first-order chi connectivity index (χ1) is 8.04. The van der Waals surface area contributed by atoms with E-state index in [1.54, 1.807) is 17.8 Å². The standard InChI is InChI=1S/C12H14Cl2N2S/c1-3-12(2)7-17-11(16-12)15-9-6-4-5-8(13)10(9)14/h4-6H,3,7H2,1-2H3,(H,15,16). The molecule has 5 heteroatoms. The molecule has 0 bridgehead atoms. The number of hydrogen-bond acceptors (Lipinski definition) is 3. The molecule has 2 nitrogen and oxygen atoms in total. The van der Waals surface area contributed by atoms with E-state index < -0.39 is 0 Å². The molecular formula is C12H14Cl2N2S. The molecule has 0 aliphatic carbocycles. The normalized spacial score (nSPS) is 23.6. The molecule has 1 aliphatic rings. The smallest absolute Gasteiger partial charge is 0.161 e. The van der Waals surface area contributed by atoms with E-state index >= 15 is 0 Å². The van der Waals surface area contributed by atoms with E-state index in [0.29, 0.717) is 10.0 Å². The van der Waals surface area contributed by atoms with Crippen LogP contribution in [-0.4, -0.2) is 16.5 Å². The molecule has 0 spiro atoms. The van der Waals surface area contributed by atoms with Crippen LogP contribution in [0.3, 0.4) is 0 Å². The quantitative estimate of drug-likeness (QED) is 0.855. The predicted octanol–water partition coefficient (Wildman–Crippen LogP) is 4.68. The van der Waals surface area contributed by atoms with E-state index in [1.165, 1.54) is 0 Å². The predicted molar refractivity (Wildman–Crippen MR) is 78.7 cm³/mol. The van der Waals surface area contributed by atoms with Crippen LogP contribution in [-0.2, 0) is 0 Å². The molecule has 17 heavy (non-hydrogen) atoms.